The van der Waals surface area contributed by atoms with Gasteiger partial charge in [0.05, 0.1) is 0 Å². The number of anilines is 1. The first-order valence-electron chi connectivity index (χ1n) is 8.48. The van der Waals surface area contributed by atoms with Gasteiger partial charge in [0.2, 0.25) is 5.91 Å². The number of aryl methyl sites for hydroxylation is 1. The molecule has 0 heterocycles. The lowest BCUT2D eigenvalue weighted by Crippen LogP contribution is -2.33. The van der Waals surface area contributed by atoms with Crippen molar-refractivity contribution in [3.63, 3.8) is 0 Å². The maximum absolute atomic E-state index is 12.4. The van der Waals surface area contributed by atoms with Crippen LogP contribution in [0.25, 0.3) is 6.08 Å². The number of hydrogen-bond acceptors (Lipinski definition) is 4. The first-order valence-corrected chi connectivity index (χ1v) is 8.48. The molecule has 27 heavy (non-hydrogen) atoms. The highest BCUT2D eigenvalue weighted by atomic mass is 16.5. The van der Waals surface area contributed by atoms with Gasteiger partial charge in [-0.05, 0) is 43.2 Å². The molecule has 0 saturated heterocycles. The molecule has 2 aromatic carbocycles. The Kier molecular flexibility index (Phi) is 6.88. The van der Waals surface area contributed by atoms with Gasteiger partial charge in [-0.2, -0.15) is 0 Å². The van der Waals surface area contributed by atoms with E-state index in [-0.39, 0.29) is 5.70 Å². The largest absolute Gasteiger partial charge is 0.448 e. The fourth-order valence-electron chi connectivity index (χ4n) is 2.30. The lowest BCUT2D eigenvalue weighted by atomic mass is 10.2. The van der Waals surface area contributed by atoms with Crippen LogP contribution in [0.3, 0.4) is 0 Å². The third-order valence-corrected chi connectivity index (χ3v) is 3.58. The van der Waals surface area contributed by atoms with Crippen molar-refractivity contribution in [1.82, 2.24) is 5.32 Å². The van der Waals surface area contributed by atoms with Crippen LogP contribution in [0.1, 0.15) is 25.0 Å². The van der Waals surface area contributed by atoms with Gasteiger partial charge in [-0.1, -0.05) is 42.5 Å². The molecule has 0 aliphatic carbocycles. The molecule has 0 fully saturated rings. The zero-order chi connectivity index (χ0) is 19.8. The van der Waals surface area contributed by atoms with Gasteiger partial charge in [-0.15, -0.1) is 0 Å². The summed E-state index contributed by atoms with van der Waals surface area (Å²) in [5.74, 6) is -1.66. The van der Waals surface area contributed by atoms with Gasteiger partial charge in [0.15, 0.2) is 6.10 Å². The highest BCUT2D eigenvalue weighted by Crippen LogP contribution is 2.12. The molecule has 0 aliphatic heterocycles. The molecule has 0 unspecified atom stereocenters. The van der Waals surface area contributed by atoms with E-state index in [1.54, 1.807) is 30.3 Å². The van der Waals surface area contributed by atoms with Crippen molar-refractivity contribution >= 4 is 29.5 Å². The summed E-state index contributed by atoms with van der Waals surface area (Å²) < 4.78 is 5.22. The first kappa shape index (κ1) is 19.9. The van der Waals surface area contributed by atoms with Gasteiger partial charge in [0, 0.05) is 12.6 Å². The number of carbonyl (C=O) groups is 3. The van der Waals surface area contributed by atoms with Gasteiger partial charge in [-0.25, -0.2) is 4.79 Å². The van der Waals surface area contributed by atoms with Crippen molar-refractivity contribution in [3.05, 3.63) is 71.4 Å². The Morgan fingerprint density at radius 3 is 2.37 bits per heavy atom. The molecule has 0 bridgehead atoms. The maximum Gasteiger partial charge on any atom is 0.355 e. The summed E-state index contributed by atoms with van der Waals surface area (Å²) in [7, 11) is 0. The van der Waals surface area contributed by atoms with Gasteiger partial charge in [0.25, 0.3) is 5.91 Å². The molecule has 0 radical (unpaired) electrons. The van der Waals surface area contributed by atoms with Crippen LogP contribution in [0.5, 0.6) is 0 Å². The molecule has 1 atom stereocenters. The van der Waals surface area contributed by atoms with Crippen LogP contribution in [0.15, 0.2) is 60.3 Å². The fraction of sp³-hybridized carbons (Fsp3) is 0.190. The van der Waals surface area contributed by atoms with E-state index in [1.807, 2.05) is 31.2 Å². The van der Waals surface area contributed by atoms with Crippen molar-refractivity contribution in [2.24, 2.45) is 0 Å². The van der Waals surface area contributed by atoms with E-state index in [4.69, 9.17) is 4.74 Å². The number of rotatable bonds is 6. The second-order valence-corrected chi connectivity index (χ2v) is 6.06. The van der Waals surface area contributed by atoms with Crippen LogP contribution in [0, 0.1) is 6.92 Å². The van der Waals surface area contributed by atoms with E-state index in [2.05, 4.69) is 10.6 Å². The standard InChI is InChI=1S/C21H22N2O4/c1-14-8-7-11-18(12-14)23-20(25)15(2)27-21(26)19(22-16(3)24)13-17-9-5-4-6-10-17/h4-13,15H,1-3H3,(H,22,24)(H,23,25)/b19-13-/t15-/m1/s1. The molecule has 6 nitrogen and oxygen atoms in total. The summed E-state index contributed by atoms with van der Waals surface area (Å²) in [6, 6.07) is 16.3. The van der Waals surface area contributed by atoms with E-state index < -0.39 is 23.9 Å². The highest BCUT2D eigenvalue weighted by molar-refractivity contribution is 6.00. The average molecular weight is 366 g/mol. The Labute approximate surface area is 158 Å². The Morgan fingerprint density at radius 2 is 1.74 bits per heavy atom. The van der Waals surface area contributed by atoms with Gasteiger partial charge in [-0.3, -0.25) is 9.59 Å². The number of benzene rings is 2. The number of esters is 1. The van der Waals surface area contributed by atoms with Crippen molar-refractivity contribution in [2.45, 2.75) is 26.9 Å². The number of carbonyl (C=O) groups excluding carboxylic acids is 3. The molecule has 140 valence electrons. The molecule has 0 aliphatic rings. The molecule has 0 aromatic heterocycles. The molecule has 6 heteroatoms. The normalized spacial score (nSPS) is 12.0. The van der Waals surface area contributed by atoms with Crippen molar-refractivity contribution in [1.29, 1.82) is 0 Å². The maximum atomic E-state index is 12.4. The summed E-state index contributed by atoms with van der Waals surface area (Å²) in [5, 5.41) is 5.14. The lowest BCUT2D eigenvalue weighted by molar-refractivity contribution is -0.149. The monoisotopic (exact) mass is 366 g/mol. The minimum Gasteiger partial charge on any atom is -0.448 e. The second-order valence-electron chi connectivity index (χ2n) is 6.06. The Hall–Kier alpha value is -3.41. The highest BCUT2D eigenvalue weighted by Gasteiger charge is 2.21. The summed E-state index contributed by atoms with van der Waals surface area (Å²) in [6.07, 6.45) is 0.459. The van der Waals surface area contributed by atoms with E-state index in [9.17, 15) is 14.4 Å². The number of nitrogens with one attached hydrogen (secondary N) is 2. The van der Waals surface area contributed by atoms with Gasteiger partial charge in [0.1, 0.15) is 5.70 Å². The topological polar surface area (TPSA) is 84.5 Å². The first-order chi connectivity index (χ1) is 12.8. The predicted octanol–water partition coefficient (Wildman–Crippen LogP) is 3.04. The van der Waals surface area contributed by atoms with Gasteiger partial charge >= 0.3 is 5.97 Å². The SMILES string of the molecule is CC(=O)N/C(=C\c1ccccc1)C(=O)O[C@H](C)C(=O)Nc1cccc(C)c1. The summed E-state index contributed by atoms with van der Waals surface area (Å²) in [4.78, 5) is 36.1. The molecular formula is C21H22N2O4. The van der Waals surface area contributed by atoms with Crippen LogP contribution < -0.4 is 10.6 Å². The zero-order valence-corrected chi connectivity index (χ0v) is 15.5. The third-order valence-electron chi connectivity index (χ3n) is 3.58. The predicted molar refractivity (Wildman–Crippen MR) is 104 cm³/mol. The summed E-state index contributed by atoms with van der Waals surface area (Å²) >= 11 is 0. The summed E-state index contributed by atoms with van der Waals surface area (Å²) in [5.41, 5.74) is 2.29. The number of ether oxygens (including phenoxy) is 1. The molecule has 0 saturated carbocycles. The molecule has 0 spiro atoms. The molecule has 2 amide bonds. The second kappa shape index (κ2) is 9.33. The quantitative estimate of drug-likeness (QED) is 0.608. The molecular weight excluding hydrogens is 344 g/mol. The Morgan fingerprint density at radius 1 is 1.04 bits per heavy atom. The number of hydrogen-bond donors (Lipinski definition) is 2. The van der Waals surface area contributed by atoms with Crippen LogP contribution in [-0.4, -0.2) is 23.9 Å². The fourth-order valence-corrected chi connectivity index (χ4v) is 2.30. The Bertz CT molecular complexity index is 859. The van der Waals surface area contributed by atoms with E-state index in [0.29, 0.717) is 5.69 Å². The smallest absolute Gasteiger partial charge is 0.355 e. The lowest BCUT2D eigenvalue weighted by Gasteiger charge is -2.15. The zero-order valence-electron chi connectivity index (χ0n) is 15.5. The van der Waals surface area contributed by atoms with E-state index in [1.165, 1.54) is 19.9 Å². The summed E-state index contributed by atoms with van der Waals surface area (Å²) in [6.45, 7) is 4.67. The van der Waals surface area contributed by atoms with Gasteiger partial charge < -0.3 is 15.4 Å². The minimum atomic E-state index is -1.04. The van der Waals surface area contributed by atoms with Crippen molar-refractivity contribution < 1.29 is 19.1 Å². The average Bonchev–Trinajstić information content (AvgIpc) is 2.61. The van der Waals surface area contributed by atoms with Crippen molar-refractivity contribution in [3.8, 4) is 0 Å². The molecule has 2 aromatic rings. The van der Waals surface area contributed by atoms with Crippen LogP contribution >= 0.6 is 0 Å². The van der Waals surface area contributed by atoms with Crippen LogP contribution in [0.2, 0.25) is 0 Å². The third kappa shape index (κ3) is 6.43. The van der Waals surface area contributed by atoms with E-state index >= 15 is 0 Å². The van der Waals surface area contributed by atoms with E-state index in [0.717, 1.165) is 11.1 Å². The number of amides is 2. The molecule has 2 N–H and O–H groups in total. The van der Waals surface area contributed by atoms with Crippen LogP contribution in [0.4, 0.5) is 5.69 Å². The molecule has 2 rings (SSSR count). The minimum absolute atomic E-state index is 0.0381. The van der Waals surface area contributed by atoms with Crippen LogP contribution in [-0.2, 0) is 19.1 Å². The Balaban J connectivity index is 2.08. The van der Waals surface area contributed by atoms with Crippen molar-refractivity contribution in [2.75, 3.05) is 5.32 Å².